The molecule has 0 aliphatic rings. The average Bonchev–Trinajstić information content (AvgIpc) is 2.77. The van der Waals surface area contributed by atoms with Crippen molar-refractivity contribution in [1.82, 2.24) is 0 Å². The second-order valence-electron chi connectivity index (χ2n) is 3.39. The van der Waals surface area contributed by atoms with Crippen molar-refractivity contribution in [3.8, 4) is 0 Å². The molecule has 1 heterocycles. The molecule has 0 aliphatic heterocycles. The van der Waals surface area contributed by atoms with Gasteiger partial charge in [-0.25, -0.2) is 0 Å². The summed E-state index contributed by atoms with van der Waals surface area (Å²) in [6.45, 7) is 0. The van der Waals surface area contributed by atoms with Gasteiger partial charge in [0, 0.05) is 11.6 Å². The van der Waals surface area contributed by atoms with Gasteiger partial charge in [-0.05, 0) is 45.8 Å². The summed E-state index contributed by atoms with van der Waals surface area (Å²) in [5.74, 6) is 0.437. The number of furan rings is 1. The zero-order valence-electron chi connectivity index (χ0n) is 8.74. The molecule has 0 bridgehead atoms. The van der Waals surface area contributed by atoms with E-state index in [-0.39, 0.29) is 11.7 Å². The van der Waals surface area contributed by atoms with Gasteiger partial charge in [-0.15, -0.1) is 11.6 Å². The predicted octanol–water partition coefficient (Wildman–Crippen LogP) is 4.03. The summed E-state index contributed by atoms with van der Waals surface area (Å²) < 4.78 is 5.67. The van der Waals surface area contributed by atoms with Crippen LogP contribution in [0.1, 0.15) is 16.1 Å². The van der Waals surface area contributed by atoms with Gasteiger partial charge in [-0.1, -0.05) is 12.1 Å². The smallest absolute Gasteiger partial charge is 0.291 e. The summed E-state index contributed by atoms with van der Waals surface area (Å²) in [6.07, 6.45) is 0. The Hall–Kier alpha value is -1.26. The summed E-state index contributed by atoms with van der Waals surface area (Å²) in [5, 5.41) is 2.73. The van der Waals surface area contributed by atoms with Gasteiger partial charge >= 0.3 is 0 Å². The Morgan fingerprint density at radius 2 is 1.94 bits per heavy atom. The van der Waals surface area contributed by atoms with E-state index in [4.69, 9.17) is 16.0 Å². The predicted molar refractivity (Wildman–Crippen MR) is 70.4 cm³/mol. The number of nitrogens with one attached hydrogen (secondary N) is 1. The molecular weight excluding hydrogens is 305 g/mol. The Kier molecular flexibility index (Phi) is 3.86. The Balaban J connectivity index is 2.07. The number of anilines is 1. The first-order valence-electron chi connectivity index (χ1n) is 4.90. The number of carbonyl (C=O) groups is 1. The van der Waals surface area contributed by atoms with E-state index in [9.17, 15) is 4.79 Å². The molecule has 1 N–H and O–H groups in total. The number of rotatable bonds is 3. The molecule has 88 valence electrons. The number of carbonyl (C=O) groups excluding carboxylic acids is 1. The lowest BCUT2D eigenvalue weighted by molar-refractivity contribution is 0.0995. The molecule has 0 radical (unpaired) electrons. The maximum Gasteiger partial charge on any atom is 0.291 e. The Bertz CT molecular complexity index is 522. The van der Waals surface area contributed by atoms with E-state index < -0.39 is 0 Å². The standard InChI is InChI=1S/C12H9BrClNO2/c13-11-6-5-10(17-11)12(16)15-9-3-1-8(7-14)2-4-9/h1-6H,7H2,(H,15,16). The Morgan fingerprint density at radius 1 is 1.24 bits per heavy atom. The van der Waals surface area contributed by atoms with E-state index in [1.54, 1.807) is 24.3 Å². The van der Waals surface area contributed by atoms with E-state index in [2.05, 4.69) is 21.2 Å². The number of hydrogen-bond donors (Lipinski definition) is 1. The SMILES string of the molecule is O=C(Nc1ccc(CCl)cc1)c1ccc(Br)o1. The summed E-state index contributed by atoms with van der Waals surface area (Å²) in [6, 6.07) is 10.6. The molecule has 1 aromatic heterocycles. The van der Waals surface area contributed by atoms with E-state index in [0.717, 1.165) is 5.56 Å². The van der Waals surface area contributed by atoms with Crippen LogP contribution in [-0.4, -0.2) is 5.91 Å². The molecule has 0 atom stereocenters. The molecule has 0 fully saturated rings. The molecular formula is C12H9BrClNO2. The lowest BCUT2D eigenvalue weighted by Crippen LogP contribution is -2.10. The second-order valence-corrected chi connectivity index (χ2v) is 4.44. The topological polar surface area (TPSA) is 42.2 Å². The molecule has 1 amide bonds. The molecule has 2 aromatic rings. The maximum absolute atomic E-state index is 11.7. The first-order chi connectivity index (χ1) is 8.19. The largest absolute Gasteiger partial charge is 0.444 e. The van der Waals surface area contributed by atoms with Crippen molar-refractivity contribution in [3.05, 3.63) is 52.4 Å². The van der Waals surface area contributed by atoms with E-state index >= 15 is 0 Å². The molecule has 0 saturated carbocycles. The first-order valence-corrected chi connectivity index (χ1v) is 6.23. The third kappa shape index (κ3) is 3.11. The highest BCUT2D eigenvalue weighted by Crippen LogP contribution is 2.16. The molecule has 17 heavy (non-hydrogen) atoms. The third-order valence-corrected chi connectivity index (χ3v) is 2.90. The van der Waals surface area contributed by atoms with Gasteiger partial charge in [-0.2, -0.15) is 0 Å². The number of benzene rings is 1. The molecule has 5 heteroatoms. The minimum Gasteiger partial charge on any atom is -0.444 e. The van der Waals surface area contributed by atoms with E-state index in [0.29, 0.717) is 16.2 Å². The van der Waals surface area contributed by atoms with Crippen LogP contribution in [0.4, 0.5) is 5.69 Å². The maximum atomic E-state index is 11.7. The van der Waals surface area contributed by atoms with Gasteiger partial charge in [-0.3, -0.25) is 4.79 Å². The molecule has 0 saturated heterocycles. The Labute approximate surface area is 112 Å². The summed E-state index contributed by atoms with van der Waals surface area (Å²) in [7, 11) is 0. The van der Waals surface area contributed by atoms with Crippen molar-refractivity contribution < 1.29 is 9.21 Å². The number of alkyl halides is 1. The van der Waals surface area contributed by atoms with Crippen molar-refractivity contribution in [1.29, 1.82) is 0 Å². The fraction of sp³-hybridized carbons (Fsp3) is 0.0833. The lowest BCUT2D eigenvalue weighted by Gasteiger charge is -2.03. The number of amides is 1. The molecule has 1 aromatic carbocycles. The lowest BCUT2D eigenvalue weighted by atomic mass is 10.2. The Morgan fingerprint density at radius 3 is 2.47 bits per heavy atom. The minimum atomic E-state index is -0.283. The van der Waals surface area contributed by atoms with Crippen LogP contribution in [0, 0.1) is 0 Å². The third-order valence-electron chi connectivity index (χ3n) is 2.16. The summed E-state index contributed by atoms with van der Waals surface area (Å²) in [5.41, 5.74) is 1.71. The minimum absolute atomic E-state index is 0.262. The van der Waals surface area contributed by atoms with Crippen LogP contribution in [0.15, 0.2) is 45.5 Å². The molecule has 0 spiro atoms. The fourth-order valence-electron chi connectivity index (χ4n) is 1.31. The quantitative estimate of drug-likeness (QED) is 0.869. The van der Waals surface area contributed by atoms with Gasteiger partial charge in [0.05, 0.1) is 0 Å². The highest BCUT2D eigenvalue weighted by atomic mass is 79.9. The van der Waals surface area contributed by atoms with Crippen molar-refractivity contribution >= 4 is 39.1 Å². The van der Waals surface area contributed by atoms with Crippen LogP contribution >= 0.6 is 27.5 Å². The van der Waals surface area contributed by atoms with Gasteiger partial charge in [0.2, 0.25) is 0 Å². The van der Waals surface area contributed by atoms with Gasteiger partial charge in [0.15, 0.2) is 10.4 Å². The van der Waals surface area contributed by atoms with Crippen LogP contribution in [0.5, 0.6) is 0 Å². The zero-order valence-corrected chi connectivity index (χ0v) is 11.1. The van der Waals surface area contributed by atoms with E-state index in [1.165, 1.54) is 0 Å². The molecule has 0 unspecified atom stereocenters. The number of halogens is 2. The van der Waals surface area contributed by atoms with Crippen LogP contribution in [0.25, 0.3) is 0 Å². The molecule has 3 nitrogen and oxygen atoms in total. The summed E-state index contributed by atoms with van der Waals surface area (Å²) >= 11 is 8.82. The van der Waals surface area contributed by atoms with Crippen LogP contribution in [0.2, 0.25) is 0 Å². The van der Waals surface area contributed by atoms with Crippen molar-refractivity contribution in [2.45, 2.75) is 5.88 Å². The first kappa shape index (κ1) is 12.2. The van der Waals surface area contributed by atoms with Crippen LogP contribution in [-0.2, 0) is 5.88 Å². The highest BCUT2D eigenvalue weighted by Gasteiger charge is 2.10. The van der Waals surface area contributed by atoms with Crippen molar-refractivity contribution in [2.75, 3.05) is 5.32 Å². The molecule has 2 rings (SSSR count). The number of hydrogen-bond acceptors (Lipinski definition) is 2. The van der Waals surface area contributed by atoms with Gasteiger partial charge in [0.1, 0.15) is 0 Å². The second kappa shape index (κ2) is 5.38. The van der Waals surface area contributed by atoms with Crippen molar-refractivity contribution in [3.63, 3.8) is 0 Å². The average molecular weight is 315 g/mol. The monoisotopic (exact) mass is 313 g/mol. The van der Waals surface area contributed by atoms with Crippen molar-refractivity contribution in [2.24, 2.45) is 0 Å². The normalized spacial score (nSPS) is 10.2. The van der Waals surface area contributed by atoms with Crippen LogP contribution in [0.3, 0.4) is 0 Å². The summed E-state index contributed by atoms with van der Waals surface area (Å²) in [4.78, 5) is 11.7. The molecule has 0 aliphatic carbocycles. The zero-order chi connectivity index (χ0) is 12.3. The fourth-order valence-corrected chi connectivity index (χ4v) is 1.79. The van der Waals surface area contributed by atoms with Crippen LogP contribution < -0.4 is 5.32 Å². The van der Waals surface area contributed by atoms with Gasteiger partial charge in [0.25, 0.3) is 5.91 Å². The van der Waals surface area contributed by atoms with Gasteiger partial charge < -0.3 is 9.73 Å². The highest BCUT2D eigenvalue weighted by molar-refractivity contribution is 9.10. The van der Waals surface area contributed by atoms with E-state index in [1.807, 2.05) is 12.1 Å².